The molecule has 1 rings (SSSR count). The second-order valence-corrected chi connectivity index (χ2v) is 8.53. The molecular formula is C21H41N5O5. The van der Waals surface area contributed by atoms with E-state index >= 15 is 0 Å². The quantitative estimate of drug-likeness (QED) is 0.255. The second kappa shape index (κ2) is 13.4. The van der Waals surface area contributed by atoms with Gasteiger partial charge in [-0.1, -0.05) is 13.8 Å². The van der Waals surface area contributed by atoms with Gasteiger partial charge < -0.3 is 15.8 Å². The molecule has 1 unspecified atom stereocenters. The maximum atomic E-state index is 12.2. The lowest BCUT2D eigenvalue weighted by Crippen LogP contribution is -2.46. The molecule has 0 spiro atoms. The Morgan fingerprint density at radius 1 is 1.10 bits per heavy atom. The molecule has 4 amide bonds. The lowest BCUT2D eigenvalue weighted by Gasteiger charge is -2.30. The van der Waals surface area contributed by atoms with E-state index in [4.69, 9.17) is 10.5 Å². The average molecular weight is 444 g/mol. The third-order valence-electron chi connectivity index (χ3n) is 4.76. The smallest absolute Gasteiger partial charge is 0.246 e. The van der Waals surface area contributed by atoms with E-state index in [0.717, 1.165) is 4.90 Å². The fraction of sp³-hybridized carbons (Fsp3) is 0.810. The van der Waals surface area contributed by atoms with Crippen LogP contribution in [0.4, 0.5) is 0 Å². The van der Waals surface area contributed by atoms with Crippen LogP contribution in [0.25, 0.3) is 0 Å². The number of hydrogen-bond acceptors (Lipinski definition) is 7. The highest BCUT2D eigenvalue weighted by Crippen LogP contribution is 2.19. The van der Waals surface area contributed by atoms with Gasteiger partial charge in [0.1, 0.15) is 0 Å². The third kappa shape index (κ3) is 11.2. The summed E-state index contributed by atoms with van der Waals surface area (Å²) in [6, 6.07) is -0.799. The van der Waals surface area contributed by atoms with Gasteiger partial charge in [-0.05, 0) is 40.5 Å². The molecule has 10 nitrogen and oxygen atoms in total. The number of hydrazine groups is 1. The number of likely N-dealkylation sites (tertiary alicyclic amines) is 1. The minimum atomic E-state index is -0.799. The zero-order chi connectivity index (χ0) is 24.2. The topological polar surface area (TPSA) is 143 Å². The zero-order valence-electron chi connectivity index (χ0n) is 20.1. The van der Waals surface area contributed by atoms with Gasteiger partial charge in [0.25, 0.3) is 0 Å². The van der Waals surface area contributed by atoms with Crippen molar-refractivity contribution in [3.8, 4) is 0 Å². The maximum Gasteiger partial charge on any atom is 0.246 e. The number of ether oxygens (including phenoxy) is 1. The SMILES string of the molecule is CC.CNNC(=O)CCC(C)(C)OCCC(C)(C)NC(=O)CCN1C(=O)CC(N)C1=O. The number of amides is 4. The normalized spacial score (nSPS) is 16.6. The van der Waals surface area contributed by atoms with Crippen molar-refractivity contribution in [1.82, 2.24) is 21.1 Å². The largest absolute Gasteiger partial charge is 0.375 e. The molecule has 0 aliphatic carbocycles. The first-order chi connectivity index (χ1) is 14.4. The molecule has 0 radical (unpaired) electrons. The molecule has 5 N–H and O–H groups in total. The predicted molar refractivity (Wildman–Crippen MR) is 119 cm³/mol. The summed E-state index contributed by atoms with van der Waals surface area (Å²) in [6.07, 6.45) is 1.49. The van der Waals surface area contributed by atoms with E-state index in [-0.39, 0.29) is 37.1 Å². The second-order valence-electron chi connectivity index (χ2n) is 8.53. The Balaban J connectivity index is 0.00000436. The standard InChI is InChI=1S/C19H35N5O5.C2H6/c1-18(2,9-11-29-19(3,4)8-6-15(26)23-21-5)22-14(25)7-10-24-16(27)12-13(20)17(24)28;1-2/h13,21H,6-12,20H2,1-5H3,(H,22,25)(H,23,26);1-2H3. The molecule has 0 bridgehead atoms. The van der Waals surface area contributed by atoms with E-state index < -0.39 is 23.1 Å². The van der Waals surface area contributed by atoms with Gasteiger partial charge in [-0.25, -0.2) is 5.43 Å². The molecule has 10 heteroatoms. The number of nitrogens with two attached hydrogens (primary N) is 1. The highest BCUT2D eigenvalue weighted by molar-refractivity contribution is 6.05. The van der Waals surface area contributed by atoms with E-state index in [1.165, 1.54) is 0 Å². The van der Waals surface area contributed by atoms with Gasteiger partial charge in [0, 0.05) is 38.6 Å². The summed E-state index contributed by atoms with van der Waals surface area (Å²) in [5.41, 5.74) is 9.67. The van der Waals surface area contributed by atoms with Crippen LogP contribution < -0.4 is 21.9 Å². The van der Waals surface area contributed by atoms with Gasteiger partial charge in [0.15, 0.2) is 0 Å². The summed E-state index contributed by atoms with van der Waals surface area (Å²) in [5, 5.41) is 2.90. The van der Waals surface area contributed by atoms with Crippen molar-refractivity contribution in [2.24, 2.45) is 5.73 Å². The van der Waals surface area contributed by atoms with Crippen molar-refractivity contribution >= 4 is 23.6 Å². The monoisotopic (exact) mass is 443 g/mol. The lowest BCUT2D eigenvalue weighted by atomic mass is 9.99. The molecule has 0 aromatic rings. The molecule has 0 aromatic heterocycles. The first kappa shape index (κ1) is 29.0. The summed E-state index contributed by atoms with van der Waals surface area (Å²) in [7, 11) is 1.63. The van der Waals surface area contributed by atoms with Gasteiger partial charge in [0.05, 0.1) is 18.1 Å². The van der Waals surface area contributed by atoms with Crippen molar-refractivity contribution in [2.75, 3.05) is 20.2 Å². The summed E-state index contributed by atoms with van der Waals surface area (Å²) in [6.45, 7) is 12.0. The summed E-state index contributed by atoms with van der Waals surface area (Å²) < 4.78 is 5.89. The van der Waals surface area contributed by atoms with Crippen LogP contribution >= 0.6 is 0 Å². The van der Waals surface area contributed by atoms with Crippen molar-refractivity contribution in [1.29, 1.82) is 0 Å². The zero-order valence-corrected chi connectivity index (χ0v) is 20.1. The molecule has 1 aliphatic heterocycles. The summed E-state index contributed by atoms with van der Waals surface area (Å²) in [4.78, 5) is 48.3. The van der Waals surface area contributed by atoms with E-state index in [0.29, 0.717) is 25.9 Å². The molecule has 0 saturated carbocycles. The minimum Gasteiger partial charge on any atom is -0.375 e. The van der Waals surface area contributed by atoms with Gasteiger partial charge in [-0.3, -0.25) is 29.5 Å². The van der Waals surface area contributed by atoms with Crippen LogP contribution in [0.2, 0.25) is 0 Å². The number of nitrogens with zero attached hydrogens (tertiary/aromatic N) is 1. The third-order valence-corrected chi connectivity index (χ3v) is 4.76. The number of imide groups is 1. The van der Waals surface area contributed by atoms with Gasteiger partial charge in [0.2, 0.25) is 23.6 Å². The van der Waals surface area contributed by atoms with E-state index in [1.807, 2.05) is 41.5 Å². The Hall–Kier alpha value is -2.04. The molecule has 1 fully saturated rings. The van der Waals surface area contributed by atoms with Crippen LogP contribution in [0.15, 0.2) is 0 Å². The predicted octanol–water partition coefficient (Wildman–Crippen LogP) is 0.600. The molecule has 180 valence electrons. The molecule has 1 aliphatic rings. The Morgan fingerprint density at radius 2 is 1.71 bits per heavy atom. The number of hydrogen-bond donors (Lipinski definition) is 4. The van der Waals surface area contributed by atoms with Crippen LogP contribution in [0.1, 0.15) is 73.6 Å². The van der Waals surface area contributed by atoms with E-state index in [9.17, 15) is 19.2 Å². The molecule has 0 aromatic carbocycles. The lowest BCUT2D eigenvalue weighted by molar-refractivity contribution is -0.139. The fourth-order valence-corrected chi connectivity index (χ4v) is 2.93. The Labute approximate surface area is 186 Å². The highest BCUT2D eigenvalue weighted by atomic mass is 16.5. The first-order valence-electron chi connectivity index (χ1n) is 10.9. The summed E-state index contributed by atoms with van der Waals surface area (Å²) in [5.74, 6) is -1.12. The Bertz CT molecular complexity index is 621. The van der Waals surface area contributed by atoms with Crippen LogP contribution in [0, 0.1) is 0 Å². The molecule has 1 atom stereocenters. The van der Waals surface area contributed by atoms with Gasteiger partial charge in [-0.2, -0.15) is 0 Å². The first-order valence-corrected chi connectivity index (χ1v) is 10.9. The number of rotatable bonds is 12. The number of carbonyl (C=O) groups excluding carboxylic acids is 4. The van der Waals surface area contributed by atoms with E-state index in [2.05, 4.69) is 16.2 Å². The Kier molecular flexibility index (Phi) is 12.5. The maximum absolute atomic E-state index is 12.2. The fourth-order valence-electron chi connectivity index (χ4n) is 2.93. The van der Waals surface area contributed by atoms with Crippen molar-refractivity contribution in [3.05, 3.63) is 0 Å². The minimum absolute atomic E-state index is 0.00428. The van der Waals surface area contributed by atoms with Crippen LogP contribution in [0.5, 0.6) is 0 Å². The van der Waals surface area contributed by atoms with Gasteiger partial charge >= 0.3 is 0 Å². The summed E-state index contributed by atoms with van der Waals surface area (Å²) >= 11 is 0. The van der Waals surface area contributed by atoms with Crippen LogP contribution in [-0.4, -0.2) is 65.9 Å². The number of carbonyl (C=O) groups is 4. The molecular weight excluding hydrogens is 402 g/mol. The number of nitrogens with one attached hydrogen (secondary N) is 3. The Morgan fingerprint density at radius 3 is 2.23 bits per heavy atom. The van der Waals surface area contributed by atoms with Crippen molar-refractivity contribution in [3.63, 3.8) is 0 Å². The van der Waals surface area contributed by atoms with Crippen LogP contribution in [0.3, 0.4) is 0 Å². The van der Waals surface area contributed by atoms with Gasteiger partial charge in [-0.15, -0.1) is 0 Å². The van der Waals surface area contributed by atoms with Crippen LogP contribution in [-0.2, 0) is 23.9 Å². The van der Waals surface area contributed by atoms with Crippen molar-refractivity contribution < 1.29 is 23.9 Å². The molecule has 31 heavy (non-hydrogen) atoms. The highest BCUT2D eigenvalue weighted by Gasteiger charge is 2.36. The molecule has 1 saturated heterocycles. The van der Waals surface area contributed by atoms with E-state index in [1.54, 1.807) is 7.05 Å². The van der Waals surface area contributed by atoms with Crippen molar-refractivity contribution in [2.45, 2.75) is 90.8 Å². The molecule has 1 heterocycles. The average Bonchev–Trinajstić information content (AvgIpc) is 2.91.